The van der Waals surface area contributed by atoms with Gasteiger partial charge in [-0.2, -0.15) is 0 Å². The fourth-order valence-electron chi connectivity index (χ4n) is 5.21. The summed E-state index contributed by atoms with van der Waals surface area (Å²) in [4.78, 5) is 55.3. The van der Waals surface area contributed by atoms with Crippen LogP contribution in [0.25, 0.3) is 0 Å². The number of anilines is 2. The van der Waals surface area contributed by atoms with E-state index in [2.05, 4.69) is 0 Å². The molecule has 0 unspecified atom stereocenters. The lowest BCUT2D eigenvalue weighted by molar-refractivity contribution is -0.122. The number of ether oxygens (including phenoxy) is 3. The molecule has 4 aliphatic rings. The number of benzene rings is 2. The van der Waals surface area contributed by atoms with E-state index in [0.717, 1.165) is 11.3 Å². The number of methoxy groups -OCH3 is 1. The third-order valence-corrected chi connectivity index (χ3v) is 7.09. The van der Waals surface area contributed by atoms with Crippen LogP contribution in [0, 0.1) is 0 Å². The summed E-state index contributed by atoms with van der Waals surface area (Å²) in [6.07, 6.45) is -0.320. The maximum Gasteiger partial charge on any atom is 0.415 e. The van der Waals surface area contributed by atoms with Gasteiger partial charge in [0.05, 0.1) is 35.9 Å². The van der Waals surface area contributed by atoms with Crippen molar-refractivity contribution < 1.29 is 33.4 Å². The van der Waals surface area contributed by atoms with Crippen LogP contribution in [0.5, 0.6) is 5.75 Å². The zero-order valence-corrected chi connectivity index (χ0v) is 19.0. The first-order chi connectivity index (χ1) is 17.0. The second-order valence-corrected chi connectivity index (χ2v) is 8.98. The number of carbonyl (C=O) groups is 4. The smallest absolute Gasteiger partial charge is 0.415 e. The number of imide groups is 1. The zero-order valence-electron chi connectivity index (χ0n) is 19.0. The SMILES string of the molecule is CO[C@@H]1CCN(c2ccc3c(c2)OC[C@H]2[C@H](CN4C(=O)c5ccccc5C4=O)OC(=O)N32)C(=O)C1. The Kier molecular flexibility index (Phi) is 4.99. The number of hydrogen-bond donors (Lipinski definition) is 0. The average molecular weight is 477 g/mol. The molecule has 6 rings (SSSR count). The maximum absolute atomic E-state index is 12.8. The molecule has 35 heavy (non-hydrogen) atoms. The van der Waals surface area contributed by atoms with E-state index in [-0.39, 0.29) is 25.2 Å². The summed E-state index contributed by atoms with van der Waals surface area (Å²) in [6.45, 7) is 0.613. The molecule has 2 aromatic rings. The summed E-state index contributed by atoms with van der Waals surface area (Å²) in [5, 5.41) is 0. The third-order valence-electron chi connectivity index (χ3n) is 7.09. The lowest BCUT2D eigenvalue weighted by Crippen LogP contribution is -2.49. The topological polar surface area (TPSA) is 106 Å². The van der Waals surface area contributed by atoms with Gasteiger partial charge in [0.15, 0.2) is 0 Å². The Morgan fingerprint density at radius 3 is 2.46 bits per heavy atom. The lowest BCUT2D eigenvalue weighted by atomic mass is 10.0. The third kappa shape index (κ3) is 3.35. The van der Waals surface area contributed by atoms with Gasteiger partial charge in [0.25, 0.3) is 11.8 Å². The van der Waals surface area contributed by atoms with Crippen molar-refractivity contribution in [2.75, 3.05) is 36.6 Å². The molecule has 0 aromatic heterocycles. The minimum Gasteiger partial charge on any atom is -0.489 e. The number of piperidine rings is 1. The van der Waals surface area contributed by atoms with Crippen molar-refractivity contribution in [2.45, 2.75) is 31.1 Å². The van der Waals surface area contributed by atoms with Gasteiger partial charge in [0.2, 0.25) is 5.91 Å². The predicted octanol–water partition coefficient (Wildman–Crippen LogP) is 2.21. The minimum atomic E-state index is -0.729. The lowest BCUT2D eigenvalue weighted by Gasteiger charge is -2.34. The van der Waals surface area contributed by atoms with Crippen LogP contribution in [0.2, 0.25) is 0 Å². The molecule has 3 atom stereocenters. The Bertz CT molecular complexity index is 1230. The Balaban J connectivity index is 1.21. The zero-order chi connectivity index (χ0) is 24.3. The van der Waals surface area contributed by atoms with E-state index in [0.29, 0.717) is 41.2 Å². The highest BCUT2D eigenvalue weighted by Crippen LogP contribution is 2.42. The number of rotatable bonds is 4. The van der Waals surface area contributed by atoms with E-state index in [4.69, 9.17) is 14.2 Å². The van der Waals surface area contributed by atoms with E-state index in [9.17, 15) is 19.2 Å². The Morgan fingerprint density at radius 2 is 1.77 bits per heavy atom. The van der Waals surface area contributed by atoms with Crippen molar-refractivity contribution in [3.63, 3.8) is 0 Å². The first-order valence-electron chi connectivity index (χ1n) is 11.5. The summed E-state index contributed by atoms with van der Waals surface area (Å²) in [7, 11) is 1.60. The Morgan fingerprint density at radius 1 is 1.03 bits per heavy atom. The van der Waals surface area contributed by atoms with Crippen molar-refractivity contribution in [2.24, 2.45) is 0 Å². The Hall–Kier alpha value is -3.92. The van der Waals surface area contributed by atoms with E-state index in [1.54, 1.807) is 54.5 Å². The molecular formula is C25H23N3O7. The maximum atomic E-state index is 12.8. The van der Waals surface area contributed by atoms with Gasteiger partial charge in [0, 0.05) is 25.4 Å². The summed E-state index contributed by atoms with van der Waals surface area (Å²) < 4.78 is 16.9. The van der Waals surface area contributed by atoms with Gasteiger partial charge in [-0.15, -0.1) is 0 Å². The Labute approximate surface area is 200 Å². The number of carbonyl (C=O) groups excluding carboxylic acids is 4. The van der Waals surface area contributed by atoms with Gasteiger partial charge in [0.1, 0.15) is 24.5 Å². The fourth-order valence-corrected chi connectivity index (χ4v) is 5.21. The van der Waals surface area contributed by atoms with Gasteiger partial charge in [-0.1, -0.05) is 12.1 Å². The number of hydrogen-bond acceptors (Lipinski definition) is 7. The van der Waals surface area contributed by atoms with Crippen LogP contribution >= 0.6 is 0 Å². The molecule has 0 spiro atoms. The van der Waals surface area contributed by atoms with Crippen molar-refractivity contribution in [1.82, 2.24) is 4.90 Å². The monoisotopic (exact) mass is 477 g/mol. The molecule has 10 nitrogen and oxygen atoms in total. The van der Waals surface area contributed by atoms with Crippen molar-refractivity contribution in [1.29, 1.82) is 0 Å². The van der Waals surface area contributed by atoms with Crippen LogP contribution in [0.3, 0.4) is 0 Å². The standard InChI is InChI=1S/C25H23N3O7/c1-33-15-8-9-26(22(29)11-15)14-6-7-18-20(10-14)34-13-19-21(35-25(32)28(18)19)12-27-23(30)16-4-2-3-5-17(16)24(27)31/h2-7,10,15,19,21H,8-9,11-13H2,1H3/t15-,19+,21+/m1/s1. The van der Waals surface area contributed by atoms with Crippen molar-refractivity contribution >= 4 is 35.2 Å². The van der Waals surface area contributed by atoms with Crippen LogP contribution in [-0.2, 0) is 14.3 Å². The summed E-state index contributed by atoms with van der Waals surface area (Å²) >= 11 is 0. The molecule has 4 amide bonds. The predicted molar refractivity (Wildman–Crippen MR) is 123 cm³/mol. The summed E-state index contributed by atoms with van der Waals surface area (Å²) in [5.41, 5.74) is 1.91. The molecule has 0 aliphatic carbocycles. The summed E-state index contributed by atoms with van der Waals surface area (Å²) in [5.74, 6) is -0.357. The molecule has 0 bridgehead atoms. The average Bonchev–Trinajstić information content (AvgIpc) is 3.32. The highest BCUT2D eigenvalue weighted by atomic mass is 16.6. The molecule has 0 saturated carbocycles. The van der Waals surface area contributed by atoms with Crippen LogP contribution in [0.4, 0.5) is 16.2 Å². The largest absolute Gasteiger partial charge is 0.489 e. The van der Waals surface area contributed by atoms with Crippen LogP contribution in [0.15, 0.2) is 42.5 Å². The second-order valence-electron chi connectivity index (χ2n) is 8.98. The van der Waals surface area contributed by atoms with Crippen molar-refractivity contribution in [3.05, 3.63) is 53.6 Å². The van der Waals surface area contributed by atoms with Crippen LogP contribution < -0.4 is 14.5 Å². The fraction of sp³-hybridized carbons (Fsp3) is 0.360. The van der Waals surface area contributed by atoms with Gasteiger partial charge < -0.3 is 19.1 Å². The molecule has 2 fully saturated rings. The summed E-state index contributed by atoms with van der Waals surface area (Å²) in [6, 6.07) is 11.4. The minimum absolute atomic E-state index is 0.0293. The number of fused-ring (bicyclic) bond motifs is 4. The van der Waals surface area contributed by atoms with Gasteiger partial charge in [-0.3, -0.25) is 24.2 Å². The first kappa shape index (κ1) is 21.6. The highest BCUT2D eigenvalue weighted by Gasteiger charge is 2.49. The first-order valence-corrected chi connectivity index (χ1v) is 11.5. The quantitative estimate of drug-likeness (QED) is 0.622. The molecule has 0 N–H and O–H groups in total. The molecule has 180 valence electrons. The van der Waals surface area contributed by atoms with E-state index >= 15 is 0 Å². The van der Waals surface area contributed by atoms with Gasteiger partial charge in [-0.05, 0) is 30.7 Å². The van der Waals surface area contributed by atoms with E-state index < -0.39 is 30.1 Å². The molecule has 10 heteroatoms. The molecule has 2 saturated heterocycles. The number of cyclic esters (lactones) is 1. The van der Waals surface area contributed by atoms with Gasteiger partial charge in [-0.25, -0.2) is 4.79 Å². The van der Waals surface area contributed by atoms with E-state index in [1.165, 1.54) is 4.90 Å². The molecule has 2 aromatic carbocycles. The van der Waals surface area contributed by atoms with Crippen LogP contribution in [0.1, 0.15) is 33.6 Å². The number of amides is 4. The normalized spacial score (nSPS) is 25.3. The number of nitrogens with zero attached hydrogens (tertiary/aromatic N) is 3. The molecule has 4 heterocycles. The second kappa shape index (κ2) is 8.09. The molecular weight excluding hydrogens is 454 g/mol. The molecule has 0 radical (unpaired) electrons. The van der Waals surface area contributed by atoms with Crippen LogP contribution in [-0.4, -0.2) is 73.8 Å². The highest BCUT2D eigenvalue weighted by molar-refractivity contribution is 6.21. The van der Waals surface area contributed by atoms with Crippen molar-refractivity contribution in [3.8, 4) is 5.75 Å². The van der Waals surface area contributed by atoms with Gasteiger partial charge >= 0.3 is 6.09 Å². The van der Waals surface area contributed by atoms with E-state index in [1.807, 2.05) is 0 Å². The molecule has 4 aliphatic heterocycles.